The molecule has 6 heteroatoms. The summed E-state index contributed by atoms with van der Waals surface area (Å²) >= 11 is 0. The first-order valence-corrected chi connectivity index (χ1v) is 9.77. The highest BCUT2D eigenvalue weighted by atomic mass is 16.5. The summed E-state index contributed by atoms with van der Waals surface area (Å²) in [6.07, 6.45) is 4.53. The lowest BCUT2D eigenvalue weighted by Crippen LogP contribution is -2.44. The van der Waals surface area contributed by atoms with Crippen LogP contribution in [0.2, 0.25) is 0 Å². The van der Waals surface area contributed by atoms with Crippen molar-refractivity contribution in [2.24, 2.45) is 0 Å². The lowest BCUT2D eigenvalue weighted by Gasteiger charge is -2.32. The van der Waals surface area contributed by atoms with Gasteiger partial charge in [-0.1, -0.05) is 6.42 Å². The third kappa shape index (κ3) is 5.10. The summed E-state index contributed by atoms with van der Waals surface area (Å²) in [4.78, 5) is 29.8. The molecule has 27 heavy (non-hydrogen) atoms. The van der Waals surface area contributed by atoms with Crippen LogP contribution >= 0.6 is 0 Å². The van der Waals surface area contributed by atoms with Crippen molar-refractivity contribution >= 4 is 16.8 Å². The van der Waals surface area contributed by atoms with Gasteiger partial charge in [-0.05, 0) is 63.5 Å². The Bertz CT molecular complexity index is 840. The molecule has 0 aliphatic carbocycles. The molecule has 0 spiro atoms. The van der Waals surface area contributed by atoms with Crippen LogP contribution in [0.4, 0.5) is 0 Å². The molecule has 1 aromatic heterocycles. The molecule has 0 bridgehead atoms. The zero-order valence-electron chi connectivity index (χ0n) is 16.2. The van der Waals surface area contributed by atoms with E-state index in [2.05, 4.69) is 22.1 Å². The minimum atomic E-state index is -0.137. The number of methoxy groups -OCH3 is 1. The Morgan fingerprint density at radius 2 is 2.04 bits per heavy atom. The maximum Gasteiger partial charge on any atom is 0.251 e. The molecule has 1 amide bonds. The number of ether oxygens (including phenoxy) is 1. The Morgan fingerprint density at radius 1 is 1.26 bits per heavy atom. The average molecular weight is 371 g/mol. The second-order valence-electron chi connectivity index (χ2n) is 7.33. The standard InChI is InChI=1S/C21H29N3O3/c1-15(24-10-4-3-5-11-24)14-22-20(25)9-6-16-12-17-13-18(27-2)7-8-19(17)23-21(16)26/h7-8,12-13,15H,3-6,9-11,14H2,1-2H3,(H,22,25)(H,23,26). The molecule has 1 aliphatic heterocycles. The van der Waals surface area contributed by atoms with Gasteiger partial charge in [0.1, 0.15) is 5.75 Å². The first-order chi connectivity index (χ1) is 13.1. The highest BCUT2D eigenvalue weighted by molar-refractivity contribution is 5.81. The zero-order chi connectivity index (χ0) is 19.2. The van der Waals surface area contributed by atoms with Gasteiger partial charge in [0, 0.05) is 35.5 Å². The predicted molar refractivity (Wildman–Crippen MR) is 107 cm³/mol. The van der Waals surface area contributed by atoms with Crippen molar-refractivity contribution in [3.05, 3.63) is 40.2 Å². The fourth-order valence-corrected chi connectivity index (χ4v) is 3.63. The van der Waals surface area contributed by atoms with Gasteiger partial charge >= 0.3 is 0 Å². The molecule has 0 radical (unpaired) electrons. The van der Waals surface area contributed by atoms with Crippen LogP contribution in [-0.4, -0.2) is 48.6 Å². The maximum absolute atomic E-state index is 12.2. The molecule has 146 valence electrons. The van der Waals surface area contributed by atoms with Gasteiger partial charge in [0.2, 0.25) is 5.91 Å². The Balaban J connectivity index is 1.54. The van der Waals surface area contributed by atoms with E-state index in [9.17, 15) is 9.59 Å². The number of nitrogens with zero attached hydrogens (tertiary/aromatic N) is 1. The van der Waals surface area contributed by atoms with Gasteiger partial charge in [-0.3, -0.25) is 14.5 Å². The van der Waals surface area contributed by atoms with Crippen LogP contribution in [0.5, 0.6) is 5.75 Å². The molecule has 6 nitrogen and oxygen atoms in total. The number of nitrogens with one attached hydrogen (secondary N) is 2. The molecular weight excluding hydrogens is 342 g/mol. The van der Waals surface area contributed by atoms with E-state index in [0.717, 1.165) is 29.7 Å². The van der Waals surface area contributed by atoms with Crippen molar-refractivity contribution in [2.75, 3.05) is 26.7 Å². The van der Waals surface area contributed by atoms with Gasteiger partial charge in [-0.25, -0.2) is 0 Å². The average Bonchev–Trinajstić information content (AvgIpc) is 2.70. The monoisotopic (exact) mass is 371 g/mol. The number of amides is 1. The van der Waals surface area contributed by atoms with Gasteiger partial charge < -0.3 is 15.0 Å². The van der Waals surface area contributed by atoms with E-state index in [1.165, 1.54) is 19.3 Å². The SMILES string of the molecule is COc1ccc2[nH]c(=O)c(CCC(=O)NCC(C)N3CCCCC3)cc2c1. The second kappa shape index (κ2) is 9.04. The first-order valence-electron chi connectivity index (χ1n) is 9.77. The molecule has 2 N–H and O–H groups in total. The van der Waals surface area contributed by atoms with Crippen LogP contribution in [0.25, 0.3) is 10.9 Å². The molecule has 1 fully saturated rings. The second-order valence-corrected chi connectivity index (χ2v) is 7.33. The summed E-state index contributed by atoms with van der Waals surface area (Å²) in [5, 5.41) is 3.92. The van der Waals surface area contributed by atoms with Crippen molar-refractivity contribution in [3.8, 4) is 5.75 Å². The number of carbonyl (C=O) groups is 1. The molecule has 1 aliphatic rings. The van der Waals surface area contributed by atoms with Crippen molar-refractivity contribution in [1.29, 1.82) is 0 Å². The number of pyridine rings is 1. The number of hydrogen-bond donors (Lipinski definition) is 2. The summed E-state index contributed by atoms with van der Waals surface area (Å²) in [5.74, 6) is 0.731. The third-order valence-electron chi connectivity index (χ3n) is 5.36. The van der Waals surface area contributed by atoms with Crippen molar-refractivity contribution in [2.45, 2.75) is 45.1 Å². The molecule has 3 rings (SSSR count). The minimum absolute atomic E-state index is 0.0102. The van der Waals surface area contributed by atoms with Crippen LogP contribution in [0.3, 0.4) is 0 Å². The number of aromatic amines is 1. The number of piperidine rings is 1. The van der Waals surface area contributed by atoms with E-state index >= 15 is 0 Å². The molecule has 1 saturated heterocycles. The minimum Gasteiger partial charge on any atom is -0.497 e. The molecular formula is C21H29N3O3. The Kier molecular flexibility index (Phi) is 6.50. The van der Waals surface area contributed by atoms with E-state index in [-0.39, 0.29) is 11.5 Å². The van der Waals surface area contributed by atoms with Crippen molar-refractivity contribution < 1.29 is 9.53 Å². The van der Waals surface area contributed by atoms with Gasteiger partial charge in [-0.15, -0.1) is 0 Å². The van der Waals surface area contributed by atoms with Gasteiger partial charge in [0.15, 0.2) is 0 Å². The zero-order valence-corrected chi connectivity index (χ0v) is 16.2. The van der Waals surface area contributed by atoms with Gasteiger partial charge in [-0.2, -0.15) is 0 Å². The summed E-state index contributed by atoms with van der Waals surface area (Å²) < 4.78 is 5.23. The number of benzene rings is 1. The fourth-order valence-electron chi connectivity index (χ4n) is 3.63. The lowest BCUT2D eigenvalue weighted by atomic mass is 10.1. The number of carbonyl (C=O) groups excluding carboxylic acids is 1. The largest absolute Gasteiger partial charge is 0.497 e. The van der Waals surface area contributed by atoms with E-state index < -0.39 is 0 Å². The number of rotatable bonds is 7. The van der Waals surface area contributed by atoms with Crippen LogP contribution in [0.15, 0.2) is 29.1 Å². The topological polar surface area (TPSA) is 74.4 Å². The van der Waals surface area contributed by atoms with E-state index in [0.29, 0.717) is 31.0 Å². The van der Waals surface area contributed by atoms with Gasteiger partial charge in [0.25, 0.3) is 5.56 Å². The van der Waals surface area contributed by atoms with Crippen LogP contribution < -0.4 is 15.6 Å². The highest BCUT2D eigenvalue weighted by Crippen LogP contribution is 2.19. The molecule has 1 atom stereocenters. The van der Waals surface area contributed by atoms with Crippen LogP contribution in [-0.2, 0) is 11.2 Å². The van der Waals surface area contributed by atoms with Crippen molar-refractivity contribution in [1.82, 2.24) is 15.2 Å². The Morgan fingerprint density at radius 3 is 2.78 bits per heavy atom. The lowest BCUT2D eigenvalue weighted by molar-refractivity contribution is -0.121. The molecule has 2 heterocycles. The number of hydrogen-bond acceptors (Lipinski definition) is 4. The quantitative estimate of drug-likeness (QED) is 0.784. The van der Waals surface area contributed by atoms with E-state index in [1.54, 1.807) is 7.11 Å². The first kappa shape index (κ1) is 19.4. The van der Waals surface area contributed by atoms with Gasteiger partial charge in [0.05, 0.1) is 7.11 Å². The van der Waals surface area contributed by atoms with E-state index in [1.807, 2.05) is 24.3 Å². The summed E-state index contributed by atoms with van der Waals surface area (Å²) in [6.45, 7) is 5.05. The van der Waals surface area contributed by atoms with Crippen LogP contribution in [0, 0.1) is 0 Å². The number of aryl methyl sites for hydroxylation is 1. The molecule has 2 aromatic rings. The molecule has 1 unspecified atom stereocenters. The summed E-state index contributed by atoms with van der Waals surface area (Å²) in [7, 11) is 1.61. The van der Waals surface area contributed by atoms with Crippen LogP contribution in [0.1, 0.15) is 38.2 Å². The Labute approximate surface area is 159 Å². The number of fused-ring (bicyclic) bond motifs is 1. The fraction of sp³-hybridized carbons (Fsp3) is 0.524. The highest BCUT2D eigenvalue weighted by Gasteiger charge is 2.17. The molecule has 0 saturated carbocycles. The Hall–Kier alpha value is -2.34. The summed E-state index contributed by atoms with van der Waals surface area (Å²) in [5.41, 5.74) is 1.25. The predicted octanol–water partition coefficient (Wildman–Crippen LogP) is 2.46. The molecule has 1 aromatic carbocycles. The normalized spacial score (nSPS) is 16.2. The maximum atomic E-state index is 12.2. The third-order valence-corrected chi connectivity index (χ3v) is 5.36. The number of aromatic nitrogens is 1. The number of H-pyrrole nitrogens is 1. The smallest absolute Gasteiger partial charge is 0.251 e. The van der Waals surface area contributed by atoms with E-state index in [4.69, 9.17) is 4.74 Å². The number of likely N-dealkylation sites (tertiary alicyclic amines) is 1. The van der Waals surface area contributed by atoms with Crippen molar-refractivity contribution in [3.63, 3.8) is 0 Å². The summed E-state index contributed by atoms with van der Waals surface area (Å²) in [6, 6.07) is 7.73.